The van der Waals surface area contributed by atoms with Crippen LogP contribution < -0.4 is 11.2 Å². The fourth-order valence-electron chi connectivity index (χ4n) is 1.73. The van der Waals surface area contributed by atoms with Gasteiger partial charge in [0.05, 0.1) is 18.9 Å². The molecule has 15 heavy (non-hydrogen) atoms. The molecule has 0 bridgehead atoms. The standard InChI is InChI=1S/C9H12N2O3S/c1-10-7-5-14-4-3-6(7)8(12)11(15-2)9(10)13/h3-5H2,1-2H3. The van der Waals surface area contributed by atoms with Crippen LogP contribution in [0.5, 0.6) is 0 Å². The molecule has 0 N–H and O–H groups in total. The number of hydrogen-bond donors (Lipinski definition) is 0. The van der Waals surface area contributed by atoms with Gasteiger partial charge < -0.3 is 4.74 Å². The number of rotatable bonds is 1. The van der Waals surface area contributed by atoms with Crippen LogP contribution in [0.1, 0.15) is 11.3 Å². The van der Waals surface area contributed by atoms with Crippen LogP contribution >= 0.6 is 11.9 Å². The largest absolute Gasteiger partial charge is 0.375 e. The third-order valence-corrected chi connectivity index (χ3v) is 3.26. The van der Waals surface area contributed by atoms with Crippen molar-refractivity contribution in [2.24, 2.45) is 7.05 Å². The van der Waals surface area contributed by atoms with E-state index in [2.05, 4.69) is 0 Å². The van der Waals surface area contributed by atoms with Gasteiger partial charge in [0.1, 0.15) is 0 Å². The first-order chi connectivity index (χ1) is 7.16. The first-order valence-electron chi connectivity index (χ1n) is 4.63. The van der Waals surface area contributed by atoms with Crippen LogP contribution in [0.3, 0.4) is 0 Å². The molecule has 1 aliphatic heterocycles. The SMILES string of the molecule is CSn1c(=O)c2c(n(C)c1=O)COCC2. The van der Waals surface area contributed by atoms with E-state index in [0.29, 0.717) is 30.9 Å². The molecular weight excluding hydrogens is 216 g/mol. The van der Waals surface area contributed by atoms with E-state index in [4.69, 9.17) is 4.74 Å². The second-order valence-corrected chi connectivity index (χ2v) is 4.08. The second kappa shape index (κ2) is 3.86. The van der Waals surface area contributed by atoms with E-state index in [-0.39, 0.29) is 11.2 Å². The minimum Gasteiger partial charge on any atom is -0.375 e. The summed E-state index contributed by atoms with van der Waals surface area (Å²) in [5, 5.41) is 0. The maximum absolute atomic E-state index is 11.9. The molecule has 0 spiro atoms. The number of ether oxygens (including phenoxy) is 1. The third kappa shape index (κ3) is 1.53. The smallest absolute Gasteiger partial charge is 0.341 e. The molecule has 0 radical (unpaired) electrons. The highest BCUT2D eigenvalue weighted by atomic mass is 32.2. The van der Waals surface area contributed by atoms with E-state index >= 15 is 0 Å². The zero-order valence-electron chi connectivity index (χ0n) is 8.65. The summed E-state index contributed by atoms with van der Waals surface area (Å²) < 4.78 is 7.92. The maximum atomic E-state index is 11.9. The van der Waals surface area contributed by atoms with E-state index in [1.165, 1.54) is 8.54 Å². The molecule has 1 aromatic rings. The van der Waals surface area contributed by atoms with Gasteiger partial charge in [0, 0.05) is 25.3 Å². The van der Waals surface area contributed by atoms with Gasteiger partial charge in [-0.1, -0.05) is 0 Å². The van der Waals surface area contributed by atoms with Gasteiger partial charge in [-0.2, -0.15) is 0 Å². The summed E-state index contributed by atoms with van der Waals surface area (Å²) in [6.45, 7) is 0.903. The molecule has 0 saturated carbocycles. The Kier molecular flexibility index (Phi) is 2.70. The van der Waals surface area contributed by atoms with Crippen molar-refractivity contribution < 1.29 is 4.74 Å². The van der Waals surface area contributed by atoms with Gasteiger partial charge in [0.15, 0.2) is 0 Å². The van der Waals surface area contributed by atoms with E-state index in [9.17, 15) is 9.59 Å². The average molecular weight is 228 g/mol. The van der Waals surface area contributed by atoms with Gasteiger partial charge in [-0.05, 0) is 11.9 Å². The summed E-state index contributed by atoms with van der Waals surface area (Å²) in [6, 6.07) is 0. The lowest BCUT2D eigenvalue weighted by atomic mass is 10.1. The molecule has 5 nitrogen and oxygen atoms in total. The van der Waals surface area contributed by atoms with Crippen molar-refractivity contribution in [1.82, 2.24) is 8.54 Å². The first-order valence-corrected chi connectivity index (χ1v) is 5.81. The van der Waals surface area contributed by atoms with Crippen molar-refractivity contribution >= 4 is 11.9 Å². The molecule has 2 heterocycles. The van der Waals surface area contributed by atoms with Crippen LogP contribution in [-0.4, -0.2) is 21.4 Å². The minimum absolute atomic E-state index is 0.191. The normalized spacial score (nSPS) is 15.1. The Bertz CT molecular complexity index is 503. The number of hydrogen-bond acceptors (Lipinski definition) is 4. The average Bonchev–Trinajstić information content (AvgIpc) is 2.27. The van der Waals surface area contributed by atoms with Crippen LogP contribution in [0.2, 0.25) is 0 Å². The highest BCUT2D eigenvalue weighted by Crippen LogP contribution is 2.11. The first kappa shape index (κ1) is 10.5. The van der Waals surface area contributed by atoms with Gasteiger partial charge in [0.2, 0.25) is 0 Å². The Balaban J connectivity index is 2.81. The topological polar surface area (TPSA) is 53.2 Å². The second-order valence-electron chi connectivity index (χ2n) is 3.35. The summed E-state index contributed by atoms with van der Waals surface area (Å²) in [7, 11) is 1.67. The van der Waals surface area contributed by atoms with E-state index in [1.54, 1.807) is 13.3 Å². The fraction of sp³-hybridized carbons (Fsp3) is 0.556. The highest BCUT2D eigenvalue weighted by Gasteiger charge is 2.19. The van der Waals surface area contributed by atoms with Crippen LogP contribution in [0.15, 0.2) is 9.59 Å². The van der Waals surface area contributed by atoms with Crippen molar-refractivity contribution in [3.8, 4) is 0 Å². The van der Waals surface area contributed by atoms with E-state index < -0.39 is 0 Å². The van der Waals surface area contributed by atoms with Crippen LogP contribution in [0, 0.1) is 0 Å². The molecule has 0 atom stereocenters. The molecule has 82 valence electrons. The van der Waals surface area contributed by atoms with Crippen molar-refractivity contribution in [1.29, 1.82) is 0 Å². The van der Waals surface area contributed by atoms with Crippen LogP contribution in [0.4, 0.5) is 0 Å². The van der Waals surface area contributed by atoms with Crippen molar-refractivity contribution in [3.05, 3.63) is 32.1 Å². The Hall–Kier alpha value is -1.01. The predicted octanol–water partition coefficient (Wildman–Crippen LogP) is -0.254. The molecule has 1 aliphatic rings. The monoisotopic (exact) mass is 228 g/mol. The number of nitrogens with zero attached hydrogens (tertiary/aromatic N) is 2. The lowest BCUT2D eigenvalue weighted by Gasteiger charge is -2.19. The third-order valence-electron chi connectivity index (χ3n) is 2.57. The molecule has 6 heteroatoms. The van der Waals surface area contributed by atoms with E-state index in [0.717, 1.165) is 11.9 Å². The summed E-state index contributed by atoms with van der Waals surface area (Å²) in [5.41, 5.74) is 0.930. The van der Waals surface area contributed by atoms with Gasteiger partial charge in [-0.3, -0.25) is 9.36 Å². The Morgan fingerprint density at radius 2 is 2.13 bits per heavy atom. The summed E-state index contributed by atoms with van der Waals surface area (Å²) in [4.78, 5) is 23.6. The predicted molar refractivity (Wildman–Crippen MR) is 58.2 cm³/mol. The zero-order chi connectivity index (χ0) is 11.0. The minimum atomic E-state index is -0.295. The molecule has 0 fully saturated rings. The summed E-state index contributed by atoms with van der Waals surface area (Å²) in [5.74, 6) is 0. The van der Waals surface area contributed by atoms with Crippen molar-refractivity contribution in [2.75, 3.05) is 12.9 Å². The molecule has 0 aliphatic carbocycles. The highest BCUT2D eigenvalue weighted by molar-refractivity contribution is 7.97. The molecule has 0 aromatic carbocycles. The molecule has 2 rings (SSSR count). The lowest BCUT2D eigenvalue weighted by Crippen LogP contribution is -2.41. The quantitative estimate of drug-likeness (QED) is 0.665. The van der Waals surface area contributed by atoms with Crippen LogP contribution in [0.25, 0.3) is 0 Å². The summed E-state index contributed by atoms with van der Waals surface area (Å²) in [6.07, 6.45) is 2.30. The number of aromatic nitrogens is 2. The summed E-state index contributed by atoms with van der Waals surface area (Å²) >= 11 is 1.14. The van der Waals surface area contributed by atoms with Crippen LogP contribution in [-0.2, 0) is 24.8 Å². The molecule has 0 amide bonds. The van der Waals surface area contributed by atoms with Crippen molar-refractivity contribution in [3.63, 3.8) is 0 Å². The maximum Gasteiger partial charge on any atom is 0.341 e. The van der Waals surface area contributed by atoms with Gasteiger partial charge in [0.25, 0.3) is 5.56 Å². The Labute approximate surface area is 90.8 Å². The number of fused-ring (bicyclic) bond motifs is 1. The van der Waals surface area contributed by atoms with Gasteiger partial charge >= 0.3 is 5.69 Å². The van der Waals surface area contributed by atoms with Gasteiger partial charge in [-0.15, -0.1) is 0 Å². The fourth-order valence-corrected chi connectivity index (χ4v) is 2.28. The molecule has 0 saturated heterocycles. The zero-order valence-corrected chi connectivity index (χ0v) is 9.47. The molecule has 1 aromatic heterocycles. The van der Waals surface area contributed by atoms with Crippen molar-refractivity contribution in [2.45, 2.75) is 13.0 Å². The molecule has 0 unspecified atom stereocenters. The lowest BCUT2D eigenvalue weighted by molar-refractivity contribution is 0.103. The van der Waals surface area contributed by atoms with Gasteiger partial charge in [-0.25, -0.2) is 8.77 Å². The van der Waals surface area contributed by atoms with E-state index in [1.807, 2.05) is 0 Å². The Morgan fingerprint density at radius 1 is 1.40 bits per heavy atom. The molecular formula is C9H12N2O3S. The Morgan fingerprint density at radius 3 is 2.80 bits per heavy atom.